The molecule has 100 valence electrons. The van der Waals surface area contributed by atoms with Crippen molar-refractivity contribution < 1.29 is 9.90 Å². The van der Waals surface area contributed by atoms with Crippen molar-refractivity contribution in [2.45, 2.75) is 26.7 Å². The number of phenolic OH excluding ortho intramolecular Hbond substituents is 1. The van der Waals surface area contributed by atoms with Crippen molar-refractivity contribution in [3.63, 3.8) is 0 Å². The Morgan fingerprint density at radius 1 is 1.47 bits per heavy atom. The van der Waals surface area contributed by atoms with Gasteiger partial charge < -0.3 is 10.4 Å². The van der Waals surface area contributed by atoms with Gasteiger partial charge in [-0.25, -0.2) is 0 Å². The molecule has 1 amide bonds. The van der Waals surface area contributed by atoms with E-state index in [0.29, 0.717) is 10.6 Å². The molecule has 19 heavy (non-hydrogen) atoms. The lowest BCUT2D eigenvalue weighted by Gasteiger charge is -2.08. The maximum Gasteiger partial charge on any atom is 0.269 e. The second-order valence-electron chi connectivity index (χ2n) is 4.25. The Kier molecular flexibility index (Phi) is 4.11. The molecule has 0 saturated heterocycles. The van der Waals surface area contributed by atoms with Crippen LogP contribution in [0.5, 0.6) is 5.75 Å². The predicted octanol–water partition coefficient (Wildman–Crippen LogP) is 2.76. The third-order valence-electron chi connectivity index (χ3n) is 2.71. The zero-order valence-corrected chi connectivity index (χ0v) is 11.6. The molecule has 5 nitrogen and oxygen atoms in total. The number of aromatic hydroxyl groups is 1. The molecule has 2 N–H and O–H groups in total. The molecule has 2 rings (SSSR count). The molecule has 1 heterocycles. The highest BCUT2D eigenvalue weighted by Crippen LogP contribution is 2.22. The second-order valence-corrected chi connectivity index (χ2v) is 5.01. The molecule has 0 unspecified atom stereocenters. The molecule has 0 aliphatic rings. The minimum Gasteiger partial charge on any atom is -0.508 e. The highest BCUT2D eigenvalue weighted by Gasteiger charge is 2.16. The van der Waals surface area contributed by atoms with E-state index in [1.54, 1.807) is 18.2 Å². The predicted molar refractivity (Wildman–Crippen MR) is 74.7 cm³/mol. The van der Waals surface area contributed by atoms with Gasteiger partial charge in [0, 0.05) is 5.69 Å². The van der Waals surface area contributed by atoms with Crippen LogP contribution < -0.4 is 5.32 Å². The Morgan fingerprint density at radius 3 is 2.95 bits per heavy atom. The third kappa shape index (κ3) is 3.08. The summed E-state index contributed by atoms with van der Waals surface area (Å²) in [5.41, 5.74) is 2.22. The number of aryl methyl sites for hydroxylation is 2. The molecular weight excluding hydrogens is 262 g/mol. The Hall–Kier alpha value is -1.95. The summed E-state index contributed by atoms with van der Waals surface area (Å²) in [4.78, 5) is 12.7. The van der Waals surface area contributed by atoms with E-state index in [4.69, 9.17) is 0 Å². The van der Waals surface area contributed by atoms with Crippen LogP contribution >= 0.6 is 11.5 Å². The lowest BCUT2D eigenvalue weighted by Crippen LogP contribution is -2.13. The number of amides is 1. The molecular formula is C13H15N3O2S. The molecule has 2 aromatic rings. The fourth-order valence-corrected chi connectivity index (χ4v) is 2.35. The van der Waals surface area contributed by atoms with E-state index < -0.39 is 0 Å². The van der Waals surface area contributed by atoms with Crippen LogP contribution in [0.2, 0.25) is 0 Å². The number of aromatic nitrogens is 2. The van der Waals surface area contributed by atoms with Gasteiger partial charge in [0.05, 0.1) is 5.69 Å². The first-order chi connectivity index (χ1) is 9.11. The highest BCUT2D eigenvalue weighted by molar-refractivity contribution is 7.08. The summed E-state index contributed by atoms with van der Waals surface area (Å²) >= 11 is 1.10. The van der Waals surface area contributed by atoms with E-state index in [1.165, 1.54) is 0 Å². The maximum atomic E-state index is 12.2. The standard InChI is InChI=1S/C13H15N3O2S/c1-3-4-11-12(19-16-15-11)13(18)14-10-6-5-9(17)7-8(10)2/h5-7,17H,3-4H2,1-2H3,(H,14,18). The van der Waals surface area contributed by atoms with Crippen molar-refractivity contribution in [1.82, 2.24) is 9.59 Å². The van der Waals surface area contributed by atoms with Crippen LogP contribution in [0.15, 0.2) is 18.2 Å². The largest absolute Gasteiger partial charge is 0.508 e. The van der Waals surface area contributed by atoms with Gasteiger partial charge in [0.25, 0.3) is 5.91 Å². The Morgan fingerprint density at radius 2 is 2.26 bits per heavy atom. The minimum absolute atomic E-state index is 0.182. The number of benzene rings is 1. The van der Waals surface area contributed by atoms with E-state index in [1.807, 2.05) is 13.8 Å². The van der Waals surface area contributed by atoms with Gasteiger partial charge in [0.2, 0.25) is 0 Å². The lowest BCUT2D eigenvalue weighted by atomic mass is 10.2. The molecule has 1 aromatic carbocycles. The second kappa shape index (κ2) is 5.79. The SMILES string of the molecule is CCCc1nnsc1C(=O)Nc1ccc(O)cc1C. The zero-order chi connectivity index (χ0) is 13.8. The van der Waals surface area contributed by atoms with Gasteiger partial charge >= 0.3 is 0 Å². The summed E-state index contributed by atoms with van der Waals surface area (Å²) < 4.78 is 3.83. The van der Waals surface area contributed by atoms with Crippen LogP contribution in [0.1, 0.15) is 34.3 Å². The van der Waals surface area contributed by atoms with Gasteiger partial charge in [-0.1, -0.05) is 17.8 Å². The summed E-state index contributed by atoms with van der Waals surface area (Å²) in [6.45, 7) is 3.86. The Labute approximate surface area is 115 Å². The first-order valence-electron chi connectivity index (χ1n) is 6.04. The lowest BCUT2D eigenvalue weighted by molar-refractivity contribution is 0.102. The smallest absolute Gasteiger partial charge is 0.269 e. The minimum atomic E-state index is -0.202. The molecule has 0 aliphatic carbocycles. The summed E-state index contributed by atoms with van der Waals surface area (Å²) in [6.07, 6.45) is 1.66. The molecule has 6 heteroatoms. The number of hydrogen-bond acceptors (Lipinski definition) is 5. The summed E-state index contributed by atoms with van der Waals surface area (Å²) in [5, 5.41) is 16.1. The van der Waals surface area contributed by atoms with Gasteiger partial charge in [-0.05, 0) is 48.6 Å². The monoisotopic (exact) mass is 277 g/mol. The number of rotatable bonds is 4. The molecule has 0 bridgehead atoms. The first-order valence-corrected chi connectivity index (χ1v) is 6.81. The van der Waals surface area contributed by atoms with Crippen molar-refractivity contribution in [3.8, 4) is 5.75 Å². The maximum absolute atomic E-state index is 12.2. The van der Waals surface area contributed by atoms with E-state index in [0.717, 1.165) is 35.6 Å². The average Bonchev–Trinajstić information content (AvgIpc) is 2.81. The molecule has 0 radical (unpaired) electrons. The Bertz CT molecular complexity index is 595. The van der Waals surface area contributed by atoms with E-state index in [9.17, 15) is 9.90 Å². The topological polar surface area (TPSA) is 75.1 Å². The number of hydrogen-bond donors (Lipinski definition) is 2. The molecule has 0 aliphatic heterocycles. The van der Waals surface area contributed by atoms with Crippen molar-refractivity contribution in [1.29, 1.82) is 0 Å². The summed E-state index contributed by atoms with van der Waals surface area (Å²) in [6, 6.07) is 4.82. The van der Waals surface area contributed by atoms with Gasteiger partial charge in [0.1, 0.15) is 10.6 Å². The number of nitrogens with one attached hydrogen (secondary N) is 1. The van der Waals surface area contributed by atoms with Crippen LogP contribution in [0.3, 0.4) is 0 Å². The normalized spacial score (nSPS) is 10.4. The van der Waals surface area contributed by atoms with Gasteiger partial charge in [0.15, 0.2) is 0 Å². The van der Waals surface area contributed by atoms with Crippen LogP contribution in [0, 0.1) is 6.92 Å². The quantitative estimate of drug-likeness (QED) is 0.843. The van der Waals surface area contributed by atoms with Gasteiger partial charge in [-0.2, -0.15) is 0 Å². The number of nitrogens with zero attached hydrogens (tertiary/aromatic N) is 2. The van der Waals surface area contributed by atoms with Crippen LogP contribution in [0.25, 0.3) is 0 Å². The van der Waals surface area contributed by atoms with Crippen LogP contribution in [-0.2, 0) is 6.42 Å². The molecule has 0 atom stereocenters. The number of carbonyl (C=O) groups excluding carboxylic acids is 1. The first kappa shape index (κ1) is 13.5. The van der Waals surface area contributed by atoms with Crippen molar-refractivity contribution in [2.75, 3.05) is 5.32 Å². The Balaban J connectivity index is 2.18. The number of phenols is 1. The molecule has 0 spiro atoms. The van der Waals surface area contributed by atoms with Gasteiger partial charge in [-0.15, -0.1) is 5.10 Å². The van der Waals surface area contributed by atoms with Gasteiger partial charge in [-0.3, -0.25) is 4.79 Å². The third-order valence-corrected chi connectivity index (χ3v) is 3.47. The van der Waals surface area contributed by atoms with Crippen molar-refractivity contribution >= 4 is 23.1 Å². The zero-order valence-electron chi connectivity index (χ0n) is 10.8. The van der Waals surface area contributed by atoms with Crippen LogP contribution in [-0.4, -0.2) is 20.6 Å². The van der Waals surface area contributed by atoms with Crippen molar-refractivity contribution in [3.05, 3.63) is 34.3 Å². The summed E-state index contributed by atoms with van der Waals surface area (Å²) in [5.74, 6) is -0.0196. The number of carbonyl (C=O) groups is 1. The molecule has 0 saturated carbocycles. The summed E-state index contributed by atoms with van der Waals surface area (Å²) in [7, 11) is 0. The fourth-order valence-electron chi connectivity index (χ4n) is 1.75. The van der Waals surface area contributed by atoms with Crippen LogP contribution in [0.4, 0.5) is 5.69 Å². The number of anilines is 1. The average molecular weight is 277 g/mol. The van der Waals surface area contributed by atoms with E-state index in [-0.39, 0.29) is 11.7 Å². The molecule has 1 aromatic heterocycles. The van der Waals surface area contributed by atoms with E-state index in [2.05, 4.69) is 14.9 Å². The van der Waals surface area contributed by atoms with E-state index >= 15 is 0 Å². The fraction of sp³-hybridized carbons (Fsp3) is 0.308. The van der Waals surface area contributed by atoms with Crippen molar-refractivity contribution in [2.24, 2.45) is 0 Å². The molecule has 0 fully saturated rings. The highest BCUT2D eigenvalue weighted by atomic mass is 32.1.